The largest absolute Gasteiger partial charge is 0.465 e. The number of nitrogens with zero attached hydrogens (tertiary/aromatic N) is 3. The van der Waals surface area contributed by atoms with Crippen molar-refractivity contribution >= 4 is 56.5 Å². The second kappa shape index (κ2) is 11.8. The van der Waals surface area contributed by atoms with Gasteiger partial charge in [0.2, 0.25) is 11.9 Å². The SMILES string of the molecule is C[C@H](NC(=O)O)C(=O)N1CCC(S(=O)(=O)c2ccc(Nc3ncc(/C=C/c4cccc5[nH]ccc45)cn3)cc2)CC1. The Morgan fingerprint density at radius 2 is 1.76 bits per heavy atom. The lowest BCUT2D eigenvalue weighted by atomic mass is 10.1. The van der Waals surface area contributed by atoms with Crippen LogP contribution in [-0.2, 0) is 14.6 Å². The molecule has 3 heterocycles. The number of sulfone groups is 1. The molecule has 0 radical (unpaired) electrons. The molecule has 0 saturated carbocycles. The Morgan fingerprint density at radius 1 is 1.05 bits per heavy atom. The first kappa shape index (κ1) is 27.8. The van der Waals surface area contributed by atoms with Crippen LogP contribution in [0.4, 0.5) is 16.4 Å². The van der Waals surface area contributed by atoms with E-state index in [0.717, 1.165) is 22.0 Å². The highest BCUT2D eigenvalue weighted by Gasteiger charge is 2.34. The minimum Gasteiger partial charge on any atom is -0.465 e. The molecule has 1 aliphatic heterocycles. The fourth-order valence-corrected chi connectivity index (χ4v) is 6.62. The van der Waals surface area contributed by atoms with Crippen molar-refractivity contribution in [3.63, 3.8) is 0 Å². The molecule has 0 bridgehead atoms. The molecular weight excluding hydrogens is 544 g/mol. The number of piperidine rings is 1. The quantitative estimate of drug-likeness (QED) is 0.243. The first-order chi connectivity index (χ1) is 19.7. The van der Waals surface area contributed by atoms with Crippen LogP contribution < -0.4 is 10.6 Å². The summed E-state index contributed by atoms with van der Waals surface area (Å²) >= 11 is 0. The predicted octanol–water partition coefficient (Wildman–Crippen LogP) is 4.29. The Hall–Kier alpha value is -4.71. The molecule has 2 aromatic carbocycles. The minimum atomic E-state index is -3.60. The molecule has 41 heavy (non-hydrogen) atoms. The van der Waals surface area contributed by atoms with E-state index in [0.29, 0.717) is 11.6 Å². The normalized spacial score (nSPS) is 15.2. The van der Waals surface area contributed by atoms with Gasteiger partial charge < -0.3 is 25.6 Å². The van der Waals surface area contributed by atoms with Crippen LogP contribution in [0.15, 0.2) is 72.0 Å². The molecule has 12 heteroatoms. The van der Waals surface area contributed by atoms with Crippen LogP contribution in [0.5, 0.6) is 0 Å². The maximum Gasteiger partial charge on any atom is 0.405 e. The zero-order chi connectivity index (χ0) is 29.0. The number of aromatic amines is 1. The first-order valence-corrected chi connectivity index (χ1v) is 14.7. The lowest BCUT2D eigenvalue weighted by Crippen LogP contribution is -2.50. The van der Waals surface area contributed by atoms with Crippen molar-refractivity contribution in [2.75, 3.05) is 18.4 Å². The summed E-state index contributed by atoms with van der Waals surface area (Å²) in [5, 5.41) is 14.6. The second-order valence-corrected chi connectivity index (χ2v) is 12.1. The number of carboxylic acid groups (broad SMARTS) is 1. The smallest absolute Gasteiger partial charge is 0.405 e. The summed E-state index contributed by atoms with van der Waals surface area (Å²) in [7, 11) is -3.60. The van der Waals surface area contributed by atoms with Gasteiger partial charge in [-0.1, -0.05) is 24.3 Å². The lowest BCUT2D eigenvalue weighted by molar-refractivity contribution is -0.133. The molecule has 4 N–H and O–H groups in total. The third kappa shape index (κ3) is 6.38. The van der Waals surface area contributed by atoms with Crippen LogP contribution in [0.25, 0.3) is 23.1 Å². The monoisotopic (exact) mass is 574 g/mol. The van der Waals surface area contributed by atoms with Gasteiger partial charge in [0.05, 0.1) is 10.1 Å². The van der Waals surface area contributed by atoms with Gasteiger partial charge in [0.25, 0.3) is 0 Å². The van der Waals surface area contributed by atoms with Crippen LogP contribution in [0.1, 0.15) is 30.9 Å². The number of fused-ring (bicyclic) bond motifs is 1. The Bertz CT molecular complexity index is 1670. The number of likely N-dealkylation sites (tertiary alicyclic amines) is 1. The molecule has 1 fully saturated rings. The zero-order valence-electron chi connectivity index (χ0n) is 22.3. The van der Waals surface area contributed by atoms with Gasteiger partial charge >= 0.3 is 6.09 Å². The number of amides is 2. The predicted molar refractivity (Wildman–Crippen MR) is 156 cm³/mol. The van der Waals surface area contributed by atoms with Crippen molar-refractivity contribution in [3.05, 3.63) is 78.2 Å². The number of nitrogens with one attached hydrogen (secondary N) is 3. The van der Waals surface area contributed by atoms with Crippen LogP contribution in [0, 0.1) is 0 Å². The summed E-state index contributed by atoms with van der Waals surface area (Å²) in [4.78, 5) is 36.9. The van der Waals surface area contributed by atoms with Crippen molar-refractivity contribution in [1.29, 1.82) is 0 Å². The highest BCUT2D eigenvalue weighted by Crippen LogP contribution is 2.27. The van der Waals surface area contributed by atoms with Crippen molar-refractivity contribution < 1.29 is 23.1 Å². The molecule has 0 aliphatic carbocycles. The van der Waals surface area contributed by atoms with Crippen LogP contribution in [0.3, 0.4) is 0 Å². The number of anilines is 2. The maximum atomic E-state index is 13.2. The molecule has 2 aromatic heterocycles. The third-order valence-electron chi connectivity index (χ3n) is 7.10. The van der Waals surface area contributed by atoms with Gasteiger partial charge in [-0.3, -0.25) is 4.79 Å². The van der Waals surface area contributed by atoms with Crippen molar-refractivity contribution in [1.82, 2.24) is 25.2 Å². The maximum absolute atomic E-state index is 13.2. The number of carbonyl (C=O) groups excluding carboxylic acids is 1. The number of H-pyrrole nitrogens is 1. The van der Waals surface area contributed by atoms with E-state index in [2.05, 4.69) is 25.6 Å². The molecule has 1 aliphatic rings. The standard InChI is InChI=1S/C29H30N6O5S/c1-19(33-29(37)38)27(36)35-15-12-24(13-16-35)41(39,40)23-9-7-22(8-10-23)34-28-31-17-20(18-32-28)5-6-21-3-2-4-26-25(21)11-14-30-26/h2-11,14,17-19,24,30,33H,12-13,15-16H2,1H3,(H,37,38)(H,31,32,34)/b6-5+/t19-/m0/s1. The summed E-state index contributed by atoms with van der Waals surface area (Å²) < 4.78 is 26.4. The Balaban J connectivity index is 1.17. The number of hydrogen-bond donors (Lipinski definition) is 4. The summed E-state index contributed by atoms with van der Waals surface area (Å²) in [6.07, 6.45) is 8.56. The zero-order valence-corrected chi connectivity index (χ0v) is 23.1. The van der Waals surface area contributed by atoms with Gasteiger partial charge in [-0.2, -0.15) is 0 Å². The van der Waals surface area contributed by atoms with E-state index in [-0.39, 0.29) is 36.7 Å². The molecule has 1 atom stereocenters. The Morgan fingerprint density at radius 3 is 2.44 bits per heavy atom. The van der Waals surface area contributed by atoms with E-state index in [4.69, 9.17) is 5.11 Å². The Labute approximate surface area is 237 Å². The number of aromatic nitrogens is 3. The van der Waals surface area contributed by atoms with Crippen LogP contribution in [0.2, 0.25) is 0 Å². The number of rotatable bonds is 8. The first-order valence-electron chi connectivity index (χ1n) is 13.2. The molecule has 2 amide bonds. The fourth-order valence-electron chi connectivity index (χ4n) is 4.89. The fraction of sp³-hybridized carbons (Fsp3) is 0.241. The lowest BCUT2D eigenvalue weighted by Gasteiger charge is -2.33. The van der Waals surface area contributed by atoms with E-state index >= 15 is 0 Å². The average molecular weight is 575 g/mol. The van der Waals surface area contributed by atoms with Gasteiger partial charge in [-0.05, 0) is 61.7 Å². The Kier molecular flexibility index (Phi) is 8.02. The molecule has 0 spiro atoms. The summed E-state index contributed by atoms with van der Waals surface area (Å²) in [6, 6.07) is 13.6. The van der Waals surface area contributed by atoms with Gasteiger partial charge in [0.15, 0.2) is 9.84 Å². The van der Waals surface area contributed by atoms with Gasteiger partial charge in [0, 0.05) is 53.8 Å². The van der Waals surface area contributed by atoms with E-state index in [1.807, 2.05) is 42.6 Å². The average Bonchev–Trinajstić information content (AvgIpc) is 3.46. The number of hydrogen-bond acceptors (Lipinski definition) is 7. The molecule has 212 valence electrons. The van der Waals surface area contributed by atoms with Gasteiger partial charge in [-0.15, -0.1) is 0 Å². The molecule has 4 aromatic rings. The van der Waals surface area contributed by atoms with E-state index < -0.39 is 27.2 Å². The molecular formula is C29H30N6O5S. The van der Waals surface area contributed by atoms with E-state index in [1.54, 1.807) is 36.7 Å². The number of carbonyl (C=O) groups is 2. The van der Waals surface area contributed by atoms with Crippen molar-refractivity contribution in [2.45, 2.75) is 36.0 Å². The van der Waals surface area contributed by atoms with Gasteiger partial charge in [-0.25, -0.2) is 23.2 Å². The summed E-state index contributed by atoms with van der Waals surface area (Å²) in [5.74, 6) is 0.0217. The minimum absolute atomic E-state index is 0.201. The summed E-state index contributed by atoms with van der Waals surface area (Å²) in [6.45, 7) is 1.97. The molecule has 11 nitrogen and oxygen atoms in total. The van der Waals surface area contributed by atoms with Crippen LogP contribution in [-0.4, -0.2) is 69.8 Å². The molecule has 0 unspecified atom stereocenters. The van der Waals surface area contributed by atoms with Crippen molar-refractivity contribution in [2.24, 2.45) is 0 Å². The highest BCUT2D eigenvalue weighted by atomic mass is 32.2. The van der Waals surface area contributed by atoms with Crippen LogP contribution >= 0.6 is 0 Å². The highest BCUT2D eigenvalue weighted by molar-refractivity contribution is 7.92. The van der Waals surface area contributed by atoms with Crippen molar-refractivity contribution in [3.8, 4) is 0 Å². The second-order valence-electron chi connectivity index (χ2n) is 9.85. The number of benzene rings is 2. The molecule has 5 rings (SSSR count). The van der Waals surface area contributed by atoms with Gasteiger partial charge in [0.1, 0.15) is 6.04 Å². The van der Waals surface area contributed by atoms with E-state index in [9.17, 15) is 18.0 Å². The topological polar surface area (TPSA) is 157 Å². The third-order valence-corrected chi connectivity index (χ3v) is 9.38. The summed E-state index contributed by atoms with van der Waals surface area (Å²) in [5.41, 5.74) is 3.64. The van der Waals surface area contributed by atoms with E-state index in [1.165, 1.54) is 11.8 Å². The molecule has 1 saturated heterocycles.